The van der Waals surface area contributed by atoms with Gasteiger partial charge in [-0.15, -0.1) is 0 Å². The average molecular weight is 254 g/mol. The Morgan fingerprint density at radius 1 is 1.11 bits per heavy atom. The average Bonchev–Trinajstić information content (AvgIpc) is 2.44. The van der Waals surface area contributed by atoms with E-state index in [0.29, 0.717) is 5.92 Å². The maximum absolute atomic E-state index is 4.26. The Bertz CT molecular complexity index is 547. The first-order valence-corrected chi connectivity index (χ1v) is 6.76. The summed E-state index contributed by atoms with van der Waals surface area (Å²) in [6.07, 6.45) is 3.80. The Labute approximate surface area is 115 Å². The van der Waals surface area contributed by atoms with Crippen molar-refractivity contribution in [3.63, 3.8) is 0 Å². The Morgan fingerprint density at radius 2 is 1.89 bits per heavy atom. The number of aromatic nitrogens is 1. The Kier molecular flexibility index (Phi) is 4.33. The van der Waals surface area contributed by atoms with Gasteiger partial charge in [-0.3, -0.25) is 4.98 Å². The van der Waals surface area contributed by atoms with Gasteiger partial charge in [-0.2, -0.15) is 0 Å². The van der Waals surface area contributed by atoms with E-state index in [-0.39, 0.29) is 0 Å². The van der Waals surface area contributed by atoms with Gasteiger partial charge in [0.2, 0.25) is 0 Å². The molecule has 2 aromatic rings. The molecule has 0 fully saturated rings. The number of likely N-dealkylation sites (N-methyl/N-ethyl adjacent to an activating group) is 1. The van der Waals surface area contributed by atoms with Gasteiger partial charge in [0, 0.05) is 24.9 Å². The summed E-state index contributed by atoms with van der Waals surface area (Å²) in [5.74, 6) is 0.359. The maximum Gasteiger partial charge on any atom is 0.0306 e. The highest BCUT2D eigenvalue weighted by atomic mass is 14.8. The van der Waals surface area contributed by atoms with E-state index in [1.165, 1.54) is 27.8 Å². The second-order valence-corrected chi connectivity index (χ2v) is 5.12. The maximum atomic E-state index is 4.26. The lowest BCUT2D eigenvalue weighted by Gasteiger charge is -2.21. The van der Waals surface area contributed by atoms with Crippen molar-refractivity contribution in [2.24, 2.45) is 0 Å². The molecule has 0 aliphatic rings. The van der Waals surface area contributed by atoms with Crippen LogP contribution in [0.15, 0.2) is 36.7 Å². The molecule has 0 saturated carbocycles. The molecule has 2 heteroatoms. The van der Waals surface area contributed by atoms with E-state index in [9.17, 15) is 0 Å². The summed E-state index contributed by atoms with van der Waals surface area (Å²) in [6, 6.07) is 8.64. The molecule has 0 amide bonds. The second-order valence-electron chi connectivity index (χ2n) is 5.12. The van der Waals surface area contributed by atoms with Crippen LogP contribution in [0, 0.1) is 20.8 Å². The first-order chi connectivity index (χ1) is 9.15. The molecule has 19 heavy (non-hydrogen) atoms. The van der Waals surface area contributed by atoms with E-state index >= 15 is 0 Å². The lowest BCUT2D eigenvalue weighted by molar-refractivity contribution is 0.701. The van der Waals surface area contributed by atoms with Gasteiger partial charge in [-0.05, 0) is 61.7 Å². The van der Waals surface area contributed by atoms with Crippen molar-refractivity contribution in [3.8, 4) is 0 Å². The largest absolute Gasteiger partial charge is 0.319 e. The standard InChI is InChI=1S/C17H22N2/c1-12-7-8-16(14(3)13(12)2)17(11-18-4)15-6-5-9-19-10-15/h5-10,17-18H,11H2,1-4H3. The summed E-state index contributed by atoms with van der Waals surface area (Å²) < 4.78 is 0. The summed E-state index contributed by atoms with van der Waals surface area (Å²) in [5, 5.41) is 3.30. The highest BCUT2D eigenvalue weighted by molar-refractivity contribution is 5.44. The Balaban J connectivity index is 2.49. The molecule has 0 saturated heterocycles. The van der Waals surface area contributed by atoms with Crippen LogP contribution in [-0.2, 0) is 0 Å². The molecule has 1 heterocycles. The fourth-order valence-electron chi connectivity index (χ4n) is 2.55. The van der Waals surface area contributed by atoms with Crippen molar-refractivity contribution < 1.29 is 0 Å². The zero-order valence-electron chi connectivity index (χ0n) is 12.2. The SMILES string of the molecule is CNCC(c1cccnc1)c1ccc(C)c(C)c1C. The van der Waals surface area contributed by atoms with Crippen molar-refractivity contribution in [1.29, 1.82) is 0 Å². The first-order valence-electron chi connectivity index (χ1n) is 6.76. The van der Waals surface area contributed by atoms with Gasteiger partial charge >= 0.3 is 0 Å². The Hall–Kier alpha value is -1.67. The second kappa shape index (κ2) is 5.98. The normalized spacial score (nSPS) is 12.4. The van der Waals surface area contributed by atoms with E-state index in [4.69, 9.17) is 0 Å². The third kappa shape index (κ3) is 2.85. The molecule has 0 aliphatic heterocycles. The highest BCUT2D eigenvalue weighted by Crippen LogP contribution is 2.29. The lowest BCUT2D eigenvalue weighted by atomic mass is 9.86. The third-order valence-corrected chi connectivity index (χ3v) is 3.97. The van der Waals surface area contributed by atoms with Crippen LogP contribution in [0.1, 0.15) is 33.7 Å². The number of benzene rings is 1. The molecule has 0 spiro atoms. The molecule has 1 atom stereocenters. The van der Waals surface area contributed by atoms with Gasteiger partial charge < -0.3 is 5.32 Å². The minimum atomic E-state index is 0.359. The van der Waals surface area contributed by atoms with E-state index in [2.05, 4.69) is 49.3 Å². The molecule has 1 N–H and O–H groups in total. The molecule has 0 radical (unpaired) electrons. The van der Waals surface area contributed by atoms with Crippen molar-refractivity contribution in [2.75, 3.05) is 13.6 Å². The summed E-state index contributed by atoms with van der Waals surface area (Å²) in [5.41, 5.74) is 6.80. The number of hydrogen-bond acceptors (Lipinski definition) is 2. The number of nitrogens with zero attached hydrogens (tertiary/aromatic N) is 1. The number of hydrogen-bond donors (Lipinski definition) is 1. The third-order valence-electron chi connectivity index (χ3n) is 3.97. The minimum Gasteiger partial charge on any atom is -0.319 e. The van der Waals surface area contributed by atoms with E-state index in [1.54, 1.807) is 0 Å². The van der Waals surface area contributed by atoms with Crippen molar-refractivity contribution in [1.82, 2.24) is 10.3 Å². The van der Waals surface area contributed by atoms with Gasteiger partial charge in [0.25, 0.3) is 0 Å². The van der Waals surface area contributed by atoms with E-state index in [0.717, 1.165) is 6.54 Å². The molecule has 100 valence electrons. The lowest BCUT2D eigenvalue weighted by Crippen LogP contribution is -2.19. The van der Waals surface area contributed by atoms with Crippen LogP contribution in [-0.4, -0.2) is 18.6 Å². The molecule has 0 aliphatic carbocycles. The van der Waals surface area contributed by atoms with Gasteiger partial charge in [0.15, 0.2) is 0 Å². The molecule has 1 aromatic carbocycles. The predicted octanol–water partition coefficient (Wildman–Crippen LogP) is 3.36. The van der Waals surface area contributed by atoms with Crippen LogP contribution < -0.4 is 5.32 Å². The molecule has 0 bridgehead atoms. The smallest absolute Gasteiger partial charge is 0.0306 e. The monoisotopic (exact) mass is 254 g/mol. The molecule has 1 unspecified atom stereocenters. The number of aryl methyl sites for hydroxylation is 1. The van der Waals surface area contributed by atoms with Gasteiger partial charge in [0.1, 0.15) is 0 Å². The fourth-order valence-corrected chi connectivity index (χ4v) is 2.55. The van der Waals surface area contributed by atoms with Crippen LogP contribution in [0.2, 0.25) is 0 Å². The quantitative estimate of drug-likeness (QED) is 0.905. The number of pyridine rings is 1. The molecular formula is C17H22N2. The van der Waals surface area contributed by atoms with Crippen molar-refractivity contribution in [2.45, 2.75) is 26.7 Å². The number of rotatable bonds is 4. The van der Waals surface area contributed by atoms with Crippen LogP contribution >= 0.6 is 0 Å². The summed E-state index contributed by atoms with van der Waals surface area (Å²) in [4.78, 5) is 4.26. The topological polar surface area (TPSA) is 24.9 Å². The molecule has 1 aromatic heterocycles. The molecule has 2 nitrogen and oxygen atoms in total. The van der Waals surface area contributed by atoms with E-state index in [1.807, 2.05) is 25.5 Å². The fraction of sp³-hybridized carbons (Fsp3) is 0.353. The van der Waals surface area contributed by atoms with Gasteiger partial charge in [-0.1, -0.05) is 18.2 Å². The van der Waals surface area contributed by atoms with Crippen LogP contribution in [0.3, 0.4) is 0 Å². The summed E-state index contributed by atoms with van der Waals surface area (Å²) in [7, 11) is 2.00. The zero-order chi connectivity index (χ0) is 13.8. The summed E-state index contributed by atoms with van der Waals surface area (Å²) in [6.45, 7) is 7.52. The van der Waals surface area contributed by atoms with Crippen LogP contribution in [0.25, 0.3) is 0 Å². The molecule has 2 rings (SSSR count). The van der Waals surface area contributed by atoms with Crippen LogP contribution in [0.5, 0.6) is 0 Å². The van der Waals surface area contributed by atoms with Crippen LogP contribution in [0.4, 0.5) is 0 Å². The highest BCUT2D eigenvalue weighted by Gasteiger charge is 2.17. The van der Waals surface area contributed by atoms with Gasteiger partial charge in [0.05, 0.1) is 0 Å². The zero-order valence-corrected chi connectivity index (χ0v) is 12.2. The van der Waals surface area contributed by atoms with Crippen molar-refractivity contribution >= 4 is 0 Å². The Morgan fingerprint density at radius 3 is 2.53 bits per heavy atom. The molecular weight excluding hydrogens is 232 g/mol. The first kappa shape index (κ1) is 13.8. The predicted molar refractivity (Wildman–Crippen MR) is 80.7 cm³/mol. The van der Waals surface area contributed by atoms with Crippen molar-refractivity contribution in [3.05, 3.63) is 64.5 Å². The van der Waals surface area contributed by atoms with E-state index < -0.39 is 0 Å². The summed E-state index contributed by atoms with van der Waals surface area (Å²) >= 11 is 0. The number of nitrogens with one attached hydrogen (secondary N) is 1. The minimum absolute atomic E-state index is 0.359. The van der Waals surface area contributed by atoms with Gasteiger partial charge in [-0.25, -0.2) is 0 Å².